The van der Waals surface area contributed by atoms with Crippen LogP contribution in [0.3, 0.4) is 0 Å². The van der Waals surface area contributed by atoms with E-state index >= 15 is 0 Å². The predicted octanol–water partition coefficient (Wildman–Crippen LogP) is 1.62. The number of alkyl halides is 2. The van der Waals surface area contributed by atoms with Gasteiger partial charge in [0, 0.05) is 18.2 Å². The molecule has 0 aromatic rings. The van der Waals surface area contributed by atoms with Crippen LogP contribution in [0.4, 0.5) is 8.78 Å². The van der Waals surface area contributed by atoms with Crippen LogP contribution in [0.25, 0.3) is 0 Å². The summed E-state index contributed by atoms with van der Waals surface area (Å²) < 4.78 is 24.2. The molecule has 0 aliphatic carbocycles. The number of aliphatic imine (C=N–C) groups is 1. The molecule has 13 heavy (non-hydrogen) atoms. The largest absolute Gasteiger partial charge is 0.477 e. The Morgan fingerprint density at radius 1 is 1.62 bits per heavy atom. The van der Waals surface area contributed by atoms with Gasteiger partial charge in [0.05, 0.1) is 0 Å². The average molecular weight is 187 g/mol. The summed E-state index contributed by atoms with van der Waals surface area (Å²) in [4.78, 5) is 13.8. The van der Waals surface area contributed by atoms with Crippen molar-refractivity contribution in [3.8, 4) is 0 Å². The van der Waals surface area contributed by atoms with E-state index in [9.17, 15) is 13.6 Å². The fourth-order valence-electron chi connectivity index (χ4n) is 0.826. The lowest BCUT2D eigenvalue weighted by Gasteiger charge is -1.94. The van der Waals surface area contributed by atoms with Crippen LogP contribution in [0, 0.1) is 0 Å². The molecule has 1 aliphatic heterocycles. The predicted molar refractivity (Wildman–Crippen MR) is 42.9 cm³/mol. The number of halogens is 2. The zero-order valence-electron chi connectivity index (χ0n) is 6.58. The van der Waals surface area contributed by atoms with Crippen LogP contribution in [0.5, 0.6) is 0 Å². The summed E-state index contributed by atoms with van der Waals surface area (Å²) >= 11 is 0. The van der Waals surface area contributed by atoms with Crippen molar-refractivity contribution < 1.29 is 18.7 Å². The van der Waals surface area contributed by atoms with Gasteiger partial charge in [-0.25, -0.2) is 13.6 Å². The van der Waals surface area contributed by atoms with Gasteiger partial charge in [0.2, 0.25) is 0 Å². The summed E-state index contributed by atoms with van der Waals surface area (Å²) in [5.74, 6) is -1.18. The molecule has 0 aromatic carbocycles. The number of hydrogen-bond donors (Lipinski definition) is 1. The molecular weight excluding hydrogens is 180 g/mol. The van der Waals surface area contributed by atoms with E-state index in [1.807, 2.05) is 0 Å². The van der Waals surface area contributed by atoms with E-state index in [4.69, 9.17) is 5.11 Å². The smallest absolute Gasteiger partial charge is 0.350 e. The first-order valence-corrected chi connectivity index (χ1v) is 3.56. The number of allylic oxidation sites excluding steroid dienone is 3. The minimum atomic E-state index is -2.62. The maximum absolute atomic E-state index is 12.1. The summed E-state index contributed by atoms with van der Waals surface area (Å²) in [6.07, 6.45) is 0.884. The Morgan fingerprint density at radius 2 is 2.31 bits per heavy atom. The Morgan fingerprint density at radius 3 is 2.85 bits per heavy atom. The van der Waals surface area contributed by atoms with Crippen molar-refractivity contribution in [2.24, 2.45) is 4.99 Å². The molecule has 0 spiro atoms. The zero-order chi connectivity index (χ0) is 9.84. The molecule has 0 unspecified atom stereocenters. The Bertz CT molecular complexity index is 305. The topological polar surface area (TPSA) is 49.7 Å². The SMILES string of the molecule is O=C(O)C1=NC=C(C(F)F)C=CC1. The number of carboxylic acids is 1. The maximum Gasteiger partial charge on any atom is 0.350 e. The highest BCUT2D eigenvalue weighted by molar-refractivity contribution is 6.36. The third kappa shape index (κ3) is 2.47. The molecule has 1 heterocycles. The quantitative estimate of drug-likeness (QED) is 0.714. The van der Waals surface area contributed by atoms with Gasteiger partial charge < -0.3 is 5.11 Å². The van der Waals surface area contributed by atoms with Gasteiger partial charge in [-0.05, 0) is 0 Å². The molecule has 0 amide bonds. The van der Waals surface area contributed by atoms with Crippen LogP contribution in [0.1, 0.15) is 6.42 Å². The molecule has 1 N–H and O–H groups in total. The number of nitrogens with zero attached hydrogens (tertiary/aromatic N) is 1. The number of carbonyl (C=O) groups is 1. The molecule has 0 atom stereocenters. The summed E-state index contributed by atoms with van der Waals surface area (Å²) in [6, 6.07) is 0. The van der Waals surface area contributed by atoms with Gasteiger partial charge >= 0.3 is 5.97 Å². The number of aliphatic carboxylic acids is 1. The van der Waals surface area contributed by atoms with Gasteiger partial charge in [-0.3, -0.25) is 4.99 Å². The molecule has 1 rings (SSSR count). The highest BCUT2D eigenvalue weighted by atomic mass is 19.3. The lowest BCUT2D eigenvalue weighted by molar-refractivity contribution is -0.129. The fraction of sp³-hybridized carbons (Fsp3) is 0.250. The molecule has 3 nitrogen and oxygen atoms in total. The lowest BCUT2D eigenvalue weighted by Crippen LogP contribution is -2.10. The first kappa shape index (κ1) is 9.57. The van der Waals surface area contributed by atoms with Gasteiger partial charge in [0.1, 0.15) is 5.71 Å². The van der Waals surface area contributed by atoms with Crippen molar-refractivity contribution in [3.05, 3.63) is 23.9 Å². The lowest BCUT2D eigenvalue weighted by atomic mass is 10.2. The standard InChI is InChI=1S/C8H7F2NO2/c9-7(10)5-2-1-3-6(8(12)13)11-4-5/h1-2,4,7H,3H2,(H,12,13). The molecule has 0 bridgehead atoms. The van der Waals surface area contributed by atoms with Crippen molar-refractivity contribution in [2.75, 3.05) is 0 Å². The van der Waals surface area contributed by atoms with Gasteiger partial charge in [0.15, 0.2) is 0 Å². The molecule has 1 aliphatic rings. The molecule has 70 valence electrons. The number of hydrogen-bond acceptors (Lipinski definition) is 2. The zero-order valence-corrected chi connectivity index (χ0v) is 6.58. The van der Waals surface area contributed by atoms with E-state index < -0.39 is 12.4 Å². The molecular formula is C8H7F2NO2. The van der Waals surface area contributed by atoms with E-state index in [2.05, 4.69) is 4.99 Å². The van der Waals surface area contributed by atoms with E-state index in [1.165, 1.54) is 12.2 Å². The highest BCUT2D eigenvalue weighted by Crippen LogP contribution is 2.13. The van der Waals surface area contributed by atoms with Crippen molar-refractivity contribution in [1.29, 1.82) is 0 Å². The van der Waals surface area contributed by atoms with Gasteiger partial charge in [-0.1, -0.05) is 12.2 Å². The second-order valence-corrected chi connectivity index (χ2v) is 2.42. The van der Waals surface area contributed by atoms with E-state index in [0.717, 1.165) is 6.20 Å². The first-order chi connectivity index (χ1) is 6.11. The number of rotatable bonds is 2. The third-order valence-electron chi connectivity index (χ3n) is 1.49. The third-order valence-corrected chi connectivity index (χ3v) is 1.49. The highest BCUT2D eigenvalue weighted by Gasteiger charge is 2.12. The number of carboxylic acid groups (broad SMARTS) is 1. The summed E-state index contributed by atoms with van der Waals surface area (Å²) in [7, 11) is 0. The molecule has 0 fully saturated rings. The van der Waals surface area contributed by atoms with Gasteiger partial charge in [0.25, 0.3) is 6.43 Å². The van der Waals surface area contributed by atoms with Crippen LogP contribution < -0.4 is 0 Å². The normalized spacial score (nSPS) is 16.5. The van der Waals surface area contributed by atoms with Gasteiger partial charge in [-0.2, -0.15) is 0 Å². The summed E-state index contributed by atoms with van der Waals surface area (Å²) in [6.45, 7) is 0. The van der Waals surface area contributed by atoms with Crippen molar-refractivity contribution in [2.45, 2.75) is 12.8 Å². The van der Waals surface area contributed by atoms with E-state index in [0.29, 0.717) is 0 Å². The molecule has 0 saturated heterocycles. The second-order valence-electron chi connectivity index (χ2n) is 2.42. The molecule has 0 radical (unpaired) electrons. The Hall–Kier alpha value is -1.52. The van der Waals surface area contributed by atoms with Crippen LogP contribution >= 0.6 is 0 Å². The molecule has 0 saturated carbocycles. The Labute approximate surface area is 73.1 Å². The maximum atomic E-state index is 12.1. The second kappa shape index (κ2) is 3.93. The Balaban J connectivity index is 2.89. The minimum absolute atomic E-state index is 0.0715. The summed E-state index contributed by atoms with van der Waals surface area (Å²) in [5.41, 5.74) is -0.400. The van der Waals surface area contributed by atoms with Gasteiger partial charge in [-0.15, -0.1) is 0 Å². The Kier molecular flexibility index (Phi) is 2.89. The van der Waals surface area contributed by atoms with Crippen LogP contribution in [0.2, 0.25) is 0 Å². The van der Waals surface area contributed by atoms with Crippen molar-refractivity contribution in [1.82, 2.24) is 0 Å². The van der Waals surface area contributed by atoms with Crippen LogP contribution in [-0.2, 0) is 4.79 Å². The summed E-state index contributed by atoms with van der Waals surface area (Å²) in [5, 5.41) is 8.51. The average Bonchev–Trinajstić information content (AvgIpc) is 2.27. The molecule has 0 aromatic heterocycles. The van der Waals surface area contributed by atoms with Crippen LogP contribution in [0.15, 0.2) is 28.9 Å². The van der Waals surface area contributed by atoms with Crippen molar-refractivity contribution in [3.63, 3.8) is 0 Å². The first-order valence-electron chi connectivity index (χ1n) is 3.56. The van der Waals surface area contributed by atoms with E-state index in [-0.39, 0.29) is 17.7 Å². The fourth-order valence-corrected chi connectivity index (χ4v) is 0.826. The monoisotopic (exact) mass is 187 g/mol. The van der Waals surface area contributed by atoms with Crippen molar-refractivity contribution >= 4 is 11.7 Å². The van der Waals surface area contributed by atoms with E-state index in [1.54, 1.807) is 0 Å². The minimum Gasteiger partial charge on any atom is -0.477 e. The van der Waals surface area contributed by atoms with Crippen LogP contribution in [-0.4, -0.2) is 23.2 Å². The molecule has 5 heteroatoms.